The van der Waals surface area contributed by atoms with Crippen LogP contribution in [0.4, 0.5) is 0 Å². The van der Waals surface area contributed by atoms with Gasteiger partial charge in [-0.3, -0.25) is 9.48 Å². The summed E-state index contributed by atoms with van der Waals surface area (Å²) in [6.45, 7) is 1.92. The second kappa shape index (κ2) is 4.97. The standard InChI is InChI=1S/C13H14N6O2/c1-8-9(7-18(2)16-8)10-5-6-14-13-15-11(17-19(10)13)3-4-12(20)21/h5-7H,3-4H2,1-2H3,(H,20,21). The van der Waals surface area contributed by atoms with Gasteiger partial charge in [-0.05, 0) is 13.0 Å². The van der Waals surface area contributed by atoms with Crippen LogP contribution < -0.4 is 0 Å². The number of carbonyl (C=O) groups is 1. The molecule has 0 fully saturated rings. The third-order valence-corrected chi connectivity index (χ3v) is 3.14. The lowest BCUT2D eigenvalue weighted by molar-refractivity contribution is -0.137. The summed E-state index contributed by atoms with van der Waals surface area (Å²) in [7, 11) is 1.86. The number of fused-ring (bicyclic) bond motifs is 1. The van der Waals surface area contributed by atoms with Crippen molar-refractivity contribution in [1.29, 1.82) is 0 Å². The second-order valence-electron chi connectivity index (χ2n) is 4.77. The summed E-state index contributed by atoms with van der Waals surface area (Å²) in [6, 6.07) is 1.84. The lowest BCUT2D eigenvalue weighted by atomic mass is 10.2. The lowest BCUT2D eigenvalue weighted by Crippen LogP contribution is -2.00. The molecule has 0 spiro atoms. The maximum absolute atomic E-state index is 10.6. The Bertz CT molecular complexity index is 819. The molecule has 1 N–H and O–H groups in total. The highest BCUT2D eigenvalue weighted by molar-refractivity contribution is 5.67. The molecule has 0 aliphatic heterocycles. The number of nitrogens with zero attached hydrogens (tertiary/aromatic N) is 6. The van der Waals surface area contributed by atoms with Crippen LogP contribution in [0.1, 0.15) is 17.9 Å². The van der Waals surface area contributed by atoms with E-state index in [-0.39, 0.29) is 12.8 Å². The highest BCUT2D eigenvalue weighted by Gasteiger charge is 2.14. The Balaban J connectivity index is 2.07. The van der Waals surface area contributed by atoms with Crippen LogP contribution >= 0.6 is 0 Å². The SMILES string of the molecule is Cc1nn(C)cc1-c1ccnc2nc(CCC(=O)O)nn12. The van der Waals surface area contributed by atoms with E-state index < -0.39 is 5.97 Å². The number of carboxylic acid groups (broad SMARTS) is 1. The maximum Gasteiger partial charge on any atom is 0.303 e. The van der Waals surface area contributed by atoms with Crippen LogP contribution in [-0.4, -0.2) is 40.4 Å². The van der Waals surface area contributed by atoms with Gasteiger partial charge in [-0.1, -0.05) is 0 Å². The molecule has 3 aromatic heterocycles. The minimum Gasteiger partial charge on any atom is -0.481 e. The Hall–Kier alpha value is -2.77. The van der Waals surface area contributed by atoms with Gasteiger partial charge in [-0.25, -0.2) is 4.98 Å². The van der Waals surface area contributed by atoms with Crippen molar-refractivity contribution < 1.29 is 9.90 Å². The van der Waals surface area contributed by atoms with Crippen molar-refractivity contribution in [2.75, 3.05) is 0 Å². The molecule has 3 aromatic rings. The van der Waals surface area contributed by atoms with E-state index in [0.29, 0.717) is 11.6 Å². The van der Waals surface area contributed by atoms with E-state index in [4.69, 9.17) is 5.11 Å². The van der Waals surface area contributed by atoms with E-state index in [2.05, 4.69) is 20.2 Å². The predicted molar refractivity (Wildman–Crippen MR) is 73.7 cm³/mol. The summed E-state index contributed by atoms with van der Waals surface area (Å²) in [5, 5.41) is 17.4. The summed E-state index contributed by atoms with van der Waals surface area (Å²) in [6.07, 6.45) is 3.85. The molecule has 108 valence electrons. The fraction of sp³-hybridized carbons (Fsp3) is 0.308. The second-order valence-corrected chi connectivity index (χ2v) is 4.77. The smallest absolute Gasteiger partial charge is 0.303 e. The topological polar surface area (TPSA) is 98.2 Å². The van der Waals surface area contributed by atoms with Gasteiger partial charge in [0.15, 0.2) is 5.82 Å². The number of rotatable bonds is 4. The summed E-state index contributed by atoms with van der Waals surface area (Å²) in [4.78, 5) is 19.1. The molecule has 21 heavy (non-hydrogen) atoms. The maximum atomic E-state index is 10.6. The van der Waals surface area contributed by atoms with Crippen molar-refractivity contribution in [3.05, 3.63) is 30.0 Å². The highest BCUT2D eigenvalue weighted by Crippen LogP contribution is 2.21. The highest BCUT2D eigenvalue weighted by atomic mass is 16.4. The molecule has 0 amide bonds. The Kier molecular flexibility index (Phi) is 3.13. The fourth-order valence-electron chi connectivity index (χ4n) is 2.22. The van der Waals surface area contributed by atoms with Gasteiger partial charge in [0.2, 0.25) is 0 Å². The average molecular weight is 286 g/mol. The monoisotopic (exact) mass is 286 g/mol. The molecule has 0 aromatic carbocycles. The van der Waals surface area contributed by atoms with Crippen LogP contribution in [-0.2, 0) is 18.3 Å². The van der Waals surface area contributed by atoms with Gasteiger partial charge in [0, 0.05) is 31.4 Å². The van der Waals surface area contributed by atoms with E-state index in [9.17, 15) is 4.79 Å². The summed E-state index contributed by atoms with van der Waals surface area (Å²) in [5.74, 6) is 0.0557. The zero-order chi connectivity index (χ0) is 15.0. The minimum atomic E-state index is -0.870. The number of hydrogen-bond donors (Lipinski definition) is 1. The minimum absolute atomic E-state index is 0.00185. The predicted octanol–water partition coefficient (Wildman–Crippen LogP) is 0.850. The molecule has 0 aliphatic rings. The third kappa shape index (κ3) is 2.47. The molecule has 0 aliphatic carbocycles. The van der Waals surface area contributed by atoms with E-state index in [1.807, 2.05) is 26.2 Å². The average Bonchev–Trinajstić information content (AvgIpc) is 2.98. The number of hydrogen-bond acceptors (Lipinski definition) is 5. The van der Waals surface area contributed by atoms with Gasteiger partial charge in [-0.15, -0.1) is 5.10 Å². The normalized spacial score (nSPS) is 11.1. The first kappa shape index (κ1) is 13.2. The van der Waals surface area contributed by atoms with Gasteiger partial charge in [0.25, 0.3) is 5.78 Å². The van der Waals surface area contributed by atoms with Gasteiger partial charge in [0.1, 0.15) is 0 Å². The Morgan fingerprint density at radius 1 is 1.38 bits per heavy atom. The summed E-state index contributed by atoms with van der Waals surface area (Å²) in [5.41, 5.74) is 2.66. The molecule has 8 heteroatoms. The van der Waals surface area contributed by atoms with Gasteiger partial charge in [-0.2, -0.15) is 14.6 Å². The summed E-state index contributed by atoms with van der Waals surface area (Å²) < 4.78 is 3.36. The number of aromatic nitrogens is 6. The summed E-state index contributed by atoms with van der Waals surface area (Å²) >= 11 is 0. The first-order valence-electron chi connectivity index (χ1n) is 6.47. The Labute approximate surface area is 120 Å². The first-order chi connectivity index (χ1) is 10.0. The van der Waals surface area contributed by atoms with Crippen LogP contribution in [0.5, 0.6) is 0 Å². The quantitative estimate of drug-likeness (QED) is 0.763. The van der Waals surface area contributed by atoms with Gasteiger partial charge >= 0.3 is 5.97 Å². The van der Waals surface area contributed by atoms with Crippen molar-refractivity contribution in [3.63, 3.8) is 0 Å². The van der Waals surface area contributed by atoms with Crippen LogP contribution in [0.15, 0.2) is 18.5 Å². The molecule has 8 nitrogen and oxygen atoms in total. The molecule has 0 atom stereocenters. The third-order valence-electron chi connectivity index (χ3n) is 3.14. The molecular formula is C13H14N6O2. The first-order valence-corrected chi connectivity index (χ1v) is 6.47. The number of aryl methyl sites for hydroxylation is 3. The van der Waals surface area contributed by atoms with Crippen molar-refractivity contribution in [2.24, 2.45) is 7.05 Å². The molecule has 3 rings (SSSR count). The van der Waals surface area contributed by atoms with Crippen LogP contribution in [0.3, 0.4) is 0 Å². The van der Waals surface area contributed by atoms with Crippen molar-refractivity contribution in [3.8, 4) is 11.3 Å². The van der Waals surface area contributed by atoms with Gasteiger partial charge < -0.3 is 5.11 Å². The van der Waals surface area contributed by atoms with Crippen molar-refractivity contribution in [2.45, 2.75) is 19.8 Å². The fourth-order valence-corrected chi connectivity index (χ4v) is 2.22. The number of aliphatic carboxylic acids is 1. The number of carboxylic acids is 1. The van der Waals surface area contributed by atoms with Crippen molar-refractivity contribution >= 4 is 11.7 Å². The molecule has 3 heterocycles. The van der Waals surface area contributed by atoms with Gasteiger partial charge in [0.05, 0.1) is 17.8 Å². The molecule has 0 saturated carbocycles. The molecule has 0 bridgehead atoms. The zero-order valence-electron chi connectivity index (χ0n) is 11.7. The van der Waals surface area contributed by atoms with Crippen molar-refractivity contribution in [1.82, 2.24) is 29.4 Å². The Morgan fingerprint density at radius 3 is 2.86 bits per heavy atom. The Morgan fingerprint density at radius 2 is 2.19 bits per heavy atom. The van der Waals surface area contributed by atoms with Crippen LogP contribution in [0, 0.1) is 6.92 Å². The van der Waals surface area contributed by atoms with Crippen LogP contribution in [0.2, 0.25) is 0 Å². The molecular weight excluding hydrogens is 272 g/mol. The van der Waals surface area contributed by atoms with E-state index in [1.54, 1.807) is 15.4 Å². The molecule has 0 unspecified atom stereocenters. The molecule has 0 radical (unpaired) electrons. The van der Waals surface area contributed by atoms with E-state index in [0.717, 1.165) is 17.0 Å². The van der Waals surface area contributed by atoms with Crippen LogP contribution in [0.25, 0.3) is 17.0 Å². The zero-order valence-corrected chi connectivity index (χ0v) is 11.7. The molecule has 0 saturated heterocycles. The lowest BCUT2D eigenvalue weighted by Gasteiger charge is -2.01. The van der Waals surface area contributed by atoms with E-state index in [1.165, 1.54) is 0 Å². The van der Waals surface area contributed by atoms with E-state index >= 15 is 0 Å². The largest absolute Gasteiger partial charge is 0.481 e.